The average Bonchev–Trinajstić information content (AvgIpc) is 3.00. The van der Waals surface area contributed by atoms with E-state index < -0.39 is 0 Å². The summed E-state index contributed by atoms with van der Waals surface area (Å²) in [5.41, 5.74) is 0. The number of carbonyl (C=O) groups excluding carboxylic acids is 2. The van der Waals surface area contributed by atoms with Gasteiger partial charge in [0.2, 0.25) is 5.91 Å². The molecule has 2 fully saturated rings. The second kappa shape index (κ2) is 8.37. The minimum absolute atomic E-state index is 0.139. The fraction of sp³-hybridized carbons (Fsp3) is 0.875. The van der Waals surface area contributed by atoms with Gasteiger partial charge in [-0.05, 0) is 31.7 Å². The molecular formula is C16H28N2O3. The summed E-state index contributed by atoms with van der Waals surface area (Å²) >= 11 is 0. The first-order valence-electron chi connectivity index (χ1n) is 8.26. The third-order valence-electron chi connectivity index (χ3n) is 4.75. The normalized spacial score (nSPS) is 20.7. The summed E-state index contributed by atoms with van der Waals surface area (Å²) in [6.07, 6.45) is 7.14. The van der Waals surface area contributed by atoms with E-state index in [1.54, 1.807) is 0 Å². The maximum Gasteiger partial charge on any atom is 0.305 e. The molecule has 1 amide bonds. The predicted molar refractivity (Wildman–Crippen MR) is 80.8 cm³/mol. The summed E-state index contributed by atoms with van der Waals surface area (Å²) in [5.74, 6) is 0.840. The number of rotatable bonds is 6. The molecule has 0 spiro atoms. The van der Waals surface area contributed by atoms with Crippen LogP contribution in [0.1, 0.15) is 44.9 Å². The van der Waals surface area contributed by atoms with Crippen molar-refractivity contribution in [2.75, 3.05) is 39.8 Å². The van der Waals surface area contributed by atoms with Crippen molar-refractivity contribution in [3.8, 4) is 0 Å². The minimum Gasteiger partial charge on any atom is -0.469 e. The Balaban J connectivity index is 1.61. The molecule has 0 atom stereocenters. The van der Waals surface area contributed by atoms with Crippen LogP contribution in [-0.2, 0) is 14.3 Å². The number of hydrogen-bond acceptors (Lipinski definition) is 4. The molecule has 1 aliphatic carbocycles. The van der Waals surface area contributed by atoms with Crippen LogP contribution in [0.5, 0.6) is 0 Å². The first-order valence-corrected chi connectivity index (χ1v) is 8.26. The molecule has 120 valence electrons. The van der Waals surface area contributed by atoms with E-state index in [-0.39, 0.29) is 5.97 Å². The Hall–Kier alpha value is -1.10. The molecule has 1 saturated heterocycles. The average molecular weight is 296 g/mol. The molecule has 1 heterocycles. The maximum atomic E-state index is 12.2. The van der Waals surface area contributed by atoms with Crippen LogP contribution in [0, 0.1) is 5.92 Å². The molecule has 0 aromatic heterocycles. The van der Waals surface area contributed by atoms with E-state index in [1.807, 2.05) is 4.90 Å². The van der Waals surface area contributed by atoms with Gasteiger partial charge in [0.05, 0.1) is 7.11 Å². The van der Waals surface area contributed by atoms with Crippen molar-refractivity contribution in [2.24, 2.45) is 5.92 Å². The molecule has 5 heteroatoms. The minimum atomic E-state index is -0.139. The Morgan fingerprint density at radius 2 is 1.76 bits per heavy atom. The highest BCUT2D eigenvalue weighted by Gasteiger charge is 2.24. The van der Waals surface area contributed by atoms with Gasteiger partial charge in [-0.25, -0.2) is 0 Å². The highest BCUT2D eigenvalue weighted by molar-refractivity contribution is 5.76. The number of methoxy groups -OCH3 is 1. The van der Waals surface area contributed by atoms with Gasteiger partial charge in [0, 0.05) is 39.0 Å². The zero-order chi connectivity index (χ0) is 15.1. The lowest BCUT2D eigenvalue weighted by molar-refractivity contribution is -0.140. The number of amides is 1. The van der Waals surface area contributed by atoms with Crippen LogP contribution in [0.3, 0.4) is 0 Å². The number of esters is 1. The summed E-state index contributed by atoms with van der Waals surface area (Å²) in [5, 5.41) is 0. The summed E-state index contributed by atoms with van der Waals surface area (Å²) < 4.78 is 4.64. The smallest absolute Gasteiger partial charge is 0.305 e. The Morgan fingerprint density at radius 1 is 1.10 bits per heavy atom. The topological polar surface area (TPSA) is 49.9 Å². The lowest BCUT2D eigenvalue weighted by Crippen LogP contribution is -2.49. The van der Waals surface area contributed by atoms with E-state index in [0.29, 0.717) is 18.2 Å². The summed E-state index contributed by atoms with van der Waals surface area (Å²) in [6, 6.07) is 0. The van der Waals surface area contributed by atoms with Crippen LogP contribution >= 0.6 is 0 Å². The number of piperazine rings is 1. The Kier molecular flexibility index (Phi) is 6.49. The molecule has 0 N–H and O–H groups in total. The van der Waals surface area contributed by atoms with Crippen LogP contribution in [-0.4, -0.2) is 61.5 Å². The first kappa shape index (κ1) is 16.3. The number of hydrogen-bond donors (Lipinski definition) is 0. The first-order chi connectivity index (χ1) is 10.2. The highest BCUT2D eigenvalue weighted by Crippen LogP contribution is 2.28. The number of nitrogens with zero attached hydrogens (tertiary/aromatic N) is 2. The largest absolute Gasteiger partial charge is 0.469 e. The van der Waals surface area contributed by atoms with Crippen molar-refractivity contribution in [3.05, 3.63) is 0 Å². The maximum absolute atomic E-state index is 12.2. The van der Waals surface area contributed by atoms with Crippen molar-refractivity contribution >= 4 is 11.9 Å². The Bertz CT molecular complexity index is 345. The lowest BCUT2D eigenvalue weighted by Gasteiger charge is -2.35. The number of ether oxygens (including phenoxy) is 1. The third kappa shape index (κ3) is 5.30. The van der Waals surface area contributed by atoms with Crippen molar-refractivity contribution in [1.82, 2.24) is 9.80 Å². The molecule has 21 heavy (non-hydrogen) atoms. The lowest BCUT2D eigenvalue weighted by atomic mass is 10.0. The van der Waals surface area contributed by atoms with Crippen LogP contribution in [0.4, 0.5) is 0 Å². The van der Waals surface area contributed by atoms with Crippen molar-refractivity contribution in [1.29, 1.82) is 0 Å². The standard InChI is InChI=1S/C16H28N2O3/c1-21-16(20)7-4-8-17-9-11-18(12-10-17)15(19)13-14-5-2-3-6-14/h14H,2-13H2,1H3. The van der Waals surface area contributed by atoms with Gasteiger partial charge in [0.1, 0.15) is 0 Å². The van der Waals surface area contributed by atoms with E-state index in [4.69, 9.17) is 0 Å². The highest BCUT2D eigenvalue weighted by atomic mass is 16.5. The second-order valence-corrected chi connectivity index (χ2v) is 6.26. The summed E-state index contributed by atoms with van der Waals surface area (Å²) in [7, 11) is 1.43. The fourth-order valence-corrected chi connectivity index (χ4v) is 3.36. The van der Waals surface area contributed by atoms with Gasteiger partial charge in [-0.15, -0.1) is 0 Å². The Labute approximate surface area is 127 Å². The molecule has 1 aliphatic heterocycles. The van der Waals surface area contributed by atoms with Gasteiger partial charge in [-0.3, -0.25) is 14.5 Å². The zero-order valence-corrected chi connectivity index (χ0v) is 13.2. The second-order valence-electron chi connectivity index (χ2n) is 6.26. The van der Waals surface area contributed by atoms with E-state index in [0.717, 1.165) is 45.6 Å². The Morgan fingerprint density at radius 3 is 2.38 bits per heavy atom. The zero-order valence-electron chi connectivity index (χ0n) is 13.2. The van der Waals surface area contributed by atoms with Crippen LogP contribution < -0.4 is 0 Å². The predicted octanol–water partition coefficient (Wildman–Crippen LogP) is 1.66. The van der Waals surface area contributed by atoms with Gasteiger partial charge in [0.25, 0.3) is 0 Å². The number of carbonyl (C=O) groups is 2. The van der Waals surface area contributed by atoms with Gasteiger partial charge in [0.15, 0.2) is 0 Å². The van der Waals surface area contributed by atoms with E-state index in [9.17, 15) is 9.59 Å². The quantitative estimate of drug-likeness (QED) is 0.700. The molecule has 0 bridgehead atoms. The molecular weight excluding hydrogens is 268 g/mol. The molecule has 0 aromatic carbocycles. The van der Waals surface area contributed by atoms with Gasteiger partial charge >= 0.3 is 5.97 Å². The fourth-order valence-electron chi connectivity index (χ4n) is 3.36. The van der Waals surface area contributed by atoms with E-state index >= 15 is 0 Å². The van der Waals surface area contributed by atoms with E-state index in [2.05, 4.69) is 9.64 Å². The van der Waals surface area contributed by atoms with Gasteiger partial charge < -0.3 is 9.64 Å². The molecule has 5 nitrogen and oxygen atoms in total. The van der Waals surface area contributed by atoms with Crippen LogP contribution in [0.2, 0.25) is 0 Å². The molecule has 0 radical (unpaired) electrons. The van der Waals surface area contributed by atoms with Crippen molar-refractivity contribution < 1.29 is 14.3 Å². The van der Waals surface area contributed by atoms with Gasteiger partial charge in [-0.1, -0.05) is 12.8 Å². The van der Waals surface area contributed by atoms with Crippen LogP contribution in [0.25, 0.3) is 0 Å². The third-order valence-corrected chi connectivity index (χ3v) is 4.75. The summed E-state index contributed by atoms with van der Waals surface area (Å²) in [6.45, 7) is 4.45. The van der Waals surface area contributed by atoms with Gasteiger partial charge in [-0.2, -0.15) is 0 Å². The molecule has 0 unspecified atom stereocenters. The SMILES string of the molecule is COC(=O)CCCN1CCN(C(=O)CC2CCCC2)CC1. The monoisotopic (exact) mass is 296 g/mol. The van der Waals surface area contributed by atoms with E-state index in [1.165, 1.54) is 32.8 Å². The van der Waals surface area contributed by atoms with Crippen molar-refractivity contribution in [2.45, 2.75) is 44.9 Å². The molecule has 2 rings (SSSR count). The van der Waals surface area contributed by atoms with Crippen LogP contribution in [0.15, 0.2) is 0 Å². The molecule has 1 saturated carbocycles. The molecule has 2 aliphatic rings. The molecule has 0 aromatic rings. The summed E-state index contributed by atoms with van der Waals surface area (Å²) in [4.78, 5) is 27.7. The van der Waals surface area contributed by atoms with Crippen molar-refractivity contribution in [3.63, 3.8) is 0 Å².